The highest BCUT2D eigenvalue weighted by atomic mass is 15.6. The van der Waals surface area contributed by atoms with Gasteiger partial charge >= 0.3 is 0 Å². The summed E-state index contributed by atoms with van der Waals surface area (Å²) in [6.45, 7) is 9.00. The highest BCUT2D eigenvalue weighted by molar-refractivity contribution is 4.85. The fourth-order valence-corrected chi connectivity index (χ4v) is 2.61. The van der Waals surface area contributed by atoms with Crippen LogP contribution in [0.4, 0.5) is 0 Å². The van der Waals surface area contributed by atoms with E-state index in [-0.39, 0.29) is 0 Å². The Kier molecular flexibility index (Phi) is 3.61. The Morgan fingerprint density at radius 3 is 2.40 bits per heavy atom. The molecule has 0 unspecified atom stereocenters. The minimum atomic E-state index is 0.327. The van der Waals surface area contributed by atoms with Crippen molar-refractivity contribution in [2.75, 3.05) is 26.2 Å². The third kappa shape index (κ3) is 2.69. The zero-order valence-electron chi connectivity index (χ0n) is 9.95. The maximum Gasteiger partial charge on any atom is 0.0323 e. The van der Waals surface area contributed by atoms with Crippen molar-refractivity contribution in [2.24, 2.45) is 5.73 Å². The number of nitrogens with zero attached hydrogens (tertiary/aromatic N) is 2. The largest absolute Gasteiger partial charge is 0.325 e. The number of nitrogens with one attached hydrogen (secondary N) is 1. The molecule has 2 rings (SSSR count). The Bertz CT molecular complexity index is 199. The van der Waals surface area contributed by atoms with Gasteiger partial charge in [-0.2, -0.15) is 0 Å². The maximum atomic E-state index is 5.89. The molecule has 3 N–H and O–H groups in total. The summed E-state index contributed by atoms with van der Waals surface area (Å²) in [6, 6.07) is 1.72. The van der Waals surface area contributed by atoms with Crippen LogP contribution in [0.5, 0.6) is 0 Å². The van der Waals surface area contributed by atoms with E-state index in [4.69, 9.17) is 5.73 Å². The molecular formula is C11H24N4. The van der Waals surface area contributed by atoms with Crippen molar-refractivity contribution in [1.82, 2.24) is 15.3 Å². The van der Waals surface area contributed by atoms with Crippen LogP contribution in [0.3, 0.4) is 0 Å². The van der Waals surface area contributed by atoms with Crippen LogP contribution in [0, 0.1) is 0 Å². The zero-order valence-corrected chi connectivity index (χ0v) is 9.95. The number of hydrogen-bond acceptors (Lipinski definition) is 4. The van der Waals surface area contributed by atoms with Crippen molar-refractivity contribution < 1.29 is 0 Å². The maximum absolute atomic E-state index is 5.89. The van der Waals surface area contributed by atoms with Crippen molar-refractivity contribution >= 4 is 0 Å². The molecule has 88 valence electrons. The molecule has 2 aliphatic rings. The highest BCUT2D eigenvalue weighted by Crippen LogP contribution is 2.18. The average molecular weight is 212 g/mol. The molecule has 2 fully saturated rings. The van der Waals surface area contributed by atoms with E-state index in [0.29, 0.717) is 18.1 Å². The van der Waals surface area contributed by atoms with Crippen LogP contribution in [0.1, 0.15) is 26.7 Å². The topological polar surface area (TPSA) is 44.5 Å². The van der Waals surface area contributed by atoms with E-state index in [1.54, 1.807) is 0 Å². The lowest BCUT2D eigenvalue weighted by Crippen LogP contribution is -2.49. The Morgan fingerprint density at radius 2 is 1.93 bits per heavy atom. The summed E-state index contributed by atoms with van der Waals surface area (Å²) in [5.74, 6) is 0. The molecule has 15 heavy (non-hydrogen) atoms. The lowest BCUT2D eigenvalue weighted by Gasteiger charge is -2.38. The second kappa shape index (κ2) is 4.78. The molecule has 0 aliphatic carbocycles. The van der Waals surface area contributed by atoms with Gasteiger partial charge in [0, 0.05) is 31.2 Å². The molecule has 2 aliphatic heterocycles. The number of nitrogens with two attached hydrogens (primary N) is 1. The molecule has 4 heteroatoms. The van der Waals surface area contributed by atoms with Crippen molar-refractivity contribution in [2.45, 2.75) is 44.8 Å². The minimum absolute atomic E-state index is 0.327. The fourth-order valence-electron chi connectivity index (χ4n) is 2.61. The normalized spacial score (nSPS) is 31.6. The first kappa shape index (κ1) is 11.3. The Labute approximate surface area is 92.8 Å². The van der Waals surface area contributed by atoms with Gasteiger partial charge in [-0.1, -0.05) is 0 Å². The minimum Gasteiger partial charge on any atom is -0.325 e. The van der Waals surface area contributed by atoms with Gasteiger partial charge in [-0.05, 0) is 39.8 Å². The van der Waals surface area contributed by atoms with Crippen LogP contribution in [0.25, 0.3) is 0 Å². The second-order valence-corrected chi connectivity index (χ2v) is 5.14. The third-order valence-corrected chi connectivity index (χ3v) is 3.66. The Balaban J connectivity index is 1.78. The average Bonchev–Trinajstić information content (AvgIpc) is 2.65. The summed E-state index contributed by atoms with van der Waals surface area (Å²) >= 11 is 0. The molecule has 0 saturated carbocycles. The SMILES string of the molecule is CC(C)N1CCC(N2C[C@@H](N)CN2)CC1. The Morgan fingerprint density at radius 1 is 1.27 bits per heavy atom. The fraction of sp³-hybridized carbons (Fsp3) is 1.00. The van der Waals surface area contributed by atoms with E-state index in [0.717, 1.165) is 13.1 Å². The molecule has 0 aromatic rings. The summed E-state index contributed by atoms with van der Waals surface area (Å²) in [5, 5.41) is 2.36. The number of hydrogen-bond donors (Lipinski definition) is 2. The lowest BCUT2D eigenvalue weighted by molar-refractivity contribution is 0.0802. The monoisotopic (exact) mass is 212 g/mol. The molecule has 0 aromatic heterocycles. The van der Waals surface area contributed by atoms with E-state index in [1.807, 2.05) is 0 Å². The molecular weight excluding hydrogens is 188 g/mol. The van der Waals surface area contributed by atoms with Crippen LogP contribution in [-0.4, -0.2) is 54.2 Å². The quantitative estimate of drug-likeness (QED) is 0.677. The summed E-state index contributed by atoms with van der Waals surface area (Å²) in [6.07, 6.45) is 2.55. The van der Waals surface area contributed by atoms with Crippen molar-refractivity contribution in [3.8, 4) is 0 Å². The third-order valence-electron chi connectivity index (χ3n) is 3.66. The number of rotatable bonds is 2. The van der Waals surface area contributed by atoms with Gasteiger partial charge in [0.05, 0.1) is 0 Å². The molecule has 0 amide bonds. The number of piperidine rings is 1. The van der Waals surface area contributed by atoms with Crippen molar-refractivity contribution in [3.05, 3.63) is 0 Å². The summed E-state index contributed by atoms with van der Waals surface area (Å²) in [4.78, 5) is 2.56. The van der Waals surface area contributed by atoms with E-state index in [9.17, 15) is 0 Å². The van der Waals surface area contributed by atoms with Gasteiger partial charge < -0.3 is 10.6 Å². The number of likely N-dealkylation sites (tertiary alicyclic amines) is 1. The van der Waals surface area contributed by atoms with Crippen LogP contribution in [-0.2, 0) is 0 Å². The van der Waals surface area contributed by atoms with E-state index in [1.165, 1.54) is 25.9 Å². The molecule has 0 spiro atoms. The lowest BCUT2D eigenvalue weighted by atomic mass is 10.0. The van der Waals surface area contributed by atoms with Crippen molar-refractivity contribution in [1.29, 1.82) is 0 Å². The number of hydrazine groups is 1. The Hall–Kier alpha value is -0.160. The van der Waals surface area contributed by atoms with E-state index < -0.39 is 0 Å². The van der Waals surface area contributed by atoms with Gasteiger partial charge in [-0.3, -0.25) is 5.43 Å². The van der Waals surface area contributed by atoms with E-state index >= 15 is 0 Å². The smallest absolute Gasteiger partial charge is 0.0323 e. The predicted molar refractivity (Wildman–Crippen MR) is 62.4 cm³/mol. The molecule has 4 nitrogen and oxygen atoms in total. The highest BCUT2D eigenvalue weighted by Gasteiger charge is 2.29. The van der Waals surface area contributed by atoms with Gasteiger partial charge in [0.1, 0.15) is 0 Å². The molecule has 0 bridgehead atoms. The van der Waals surface area contributed by atoms with Crippen LogP contribution in [0.15, 0.2) is 0 Å². The van der Waals surface area contributed by atoms with Gasteiger partial charge in [0.15, 0.2) is 0 Å². The van der Waals surface area contributed by atoms with Gasteiger partial charge in [0.25, 0.3) is 0 Å². The zero-order chi connectivity index (χ0) is 10.8. The van der Waals surface area contributed by atoms with Gasteiger partial charge in [-0.25, -0.2) is 5.01 Å². The summed E-state index contributed by atoms with van der Waals surface area (Å²) in [7, 11) is 0. The van der Waals surface area contributed by atoms with Crippen molar-refractivity contribution in [3.63, 3.8) is 0 Å². The standard InChI is InChI=1S/C11H24N4/c1-9(2)14-5-3-11(4-6-14)15-8-10(12)7-13-15/h9-11,13H,3-8,12H2,1-2H3/t10-/m0/s1. The molecule has 2 heterocycles. The van der Waals surface area contributed by atoms with Crippen LogP contribution >= 0.6 is 0 Å². The molecule has 0 aromatic carbocycles. The predicted octanol–water partition coefficient (Wildman–Crippen LogP) is 0.00670. The first-order valence-corrected chi connectivity index (χ1v) is 6.16. The van der Waals surface area contributed by atoms with E-state index in [2.05, 4.69) is 29.2 Å². The molecule has 1 atom stereocenters. The molecule has 2 saturated heterocycles. The summed E-state index contributed by atoms with van der Waals surface area (Å²) in [5.41, 5.74) is 9.30. The first-order valence-electron chi connectivity index (χ1n) is 6.16. The first-order chi connectivity index (χ1) is 7.16. The van der Waals surface area contributed by atoms with Crippen LogP contribution in [0.2, 0.25) is 0 Å². The summed E-state index contributed by atoms with van der Waals surface area (Å²) < 4.78 is 0. The second-order valence-electron chi connectivity index (χ2n) is 5.14. The van der Waals surface area contributed by atoms with Crippen LogP contribution < -0.4 is 11.2 Å². The molecule has 0 radical (unpaired) electrons. The van der Waals surface area contributed by atoms with Gasteiger partial charge in [-0.15, -0.1) is 0 Å². The van der Waals surface area contributed by atoms with Gasteiger partial charge in [0.2, 0.25) is 0 Å².